The number of nitrogens with two attached hydrogens (primary N) is 1. The van der Waals surface area contributed by atoms with Crippen LogP contribution in [0.3, 0.4) is 0 Å². The Morgan fingerprint density at radius 3 is 2.43 bits per heavy atom. The Balaban J connectivity index is 0.00000169. The van der Waals surface area contributed by atoms with Crippen LogP contribution in [0.15, 0.2) is 0 Å². The van der Waals surface area contributed by atoms with Crippen LogP contribution < -0.4 is 5.73 Å². The maximum atomic E-state index is 12.2. The van der Waals surface area contributed by atoms with Crippen molar-refractivity contribution in [1.82, 2.24) is 4.90 Å². The third-order valence-corrected chi connectivity index (χ3v) is 2.22. The van der Waals surface area contributed by atoms with E-state index < -0.39 is 12.1 Å². The van der Waals surface area contributed by atoms with Crippen LogP contribution in [0.2, 0.25) is 0 Å². The van der Waals surface area contributed by atoms with Crippen molar-refractivity contribution < 1.29 is 13.2 Å². The van der Waals surface area contributed by atoms with Crippen molar-refractivity contribution in [2.24, 2.45) is 11.7 Å². The van der Waals surface area contributed by atoms with Crippen LogP contribution in [0.25, 0.3) is 0 Å². The van der Waals surface area contributed by atoms with Gasteiger partial charge >= 0.3 is 6.18 Å². The number of alkyl halides is 3. The van der Waals surface area contributed by atoms with Crippen molar-refractivity contribution in [1.29, 1.82) is 5.41 Å². The van der Waals surface area contributed by atoms with E-state index in [4.69, 9.17) is 11.1 Å². The van der Waals surface area contributed by atoms with Crippen molar-refractivity contribution in [3.05, 3.63) is 0 Å². The average Bonchev–Trinajstić information content (AvgIpc) is 2.03. The third kappa shape index (κ3) is 3.25. The highest BCUT2D eigenvalue weighted by Gasteiger charge is 2.41. The van der Waals surface area contributed by atoms with Crippen LogP contribution in [0.5, 0.6) is 0 Å². The average molecular weight is 232 g/mol. The molecular weight excluding hydrogens is 219 g/mol. The van der Waals surface area contributed by atoms with Gasteiger partial charge in [-0.25, -0.2) is 0 Å². The molecule has 0 amide bonds. The molecular formula is C7H13ClF3N3. The lowest BCUT2D eigenvalue weighted by Gasteiger charge is -2.33. The molecule has 1 unspecified atom stereocenters. The van der Waals surface area contributed by atoms with Crippen LogP contribution in [-0.2, 0) is 0 Å². The Hall–Kier alpha value is -0.650. The van der Waals surface area contributed by atoms with Gasteiger partial charge in [0.15, 0.2) is 5.96 Å². The minimum absolute atomic E-state index is 0. The molecule has 0 bridgehead atoms. The molecule has 1 fully saturated rings. The van der Waals surface area contributed by atoms with E-state index in [2.05, 4.69) is 0 Å². The van der Waals surface area contributed by atoms with Gasteiger partial charge in [0.05, 0.1) is 5.92 Å². The number of piperidine rings is 1. The molecule has 3 N–H and O–H groups in total. The molecule has 0 spiro atoms. The van der Waals surface area contributed by atoms with E-state index in [9.17, 15) is 13.2 Å². The van der Waals surface area contributed by atoms with Gasteiger partial charge in [-0.15, -0.1) is 12.4 Å². The largest absolute Gasteiger partial charge is 0.393 e. The summed E-state index contributed by atoms with van der Waals surface area (Å²) >= 11 is 0. The fourth-order valence-corrected chi connectivity index (χ4v) is 1.46. The second-order valence-corrected chi connectivity index (χ2v) is 3.21. The molecule has 1 atom stereocenters. The van der Waals surface area contributed by atoms with E-state index in [1.807, 2.05) is 0 Å². The summed E-state index contributed by atoms with van der Waals surface area (Å²) in [7, 11) is 0. The van der Waals surface area contributed by atoms with E-state index in [1.54, 1.807) is 0 Å². The molecule has 1 heterocycles. The second kappa shape index (κ2) is 4.72. The molecule has 0 aromatic heterocycles. The number of likely N-dealkylation sites (tertiary alicyclic amines) is 1. The monoisotopic (exact) mass is 231 g/mol. The summed E-state index contributed by atoms with van der Waals surface area (Å²) in [6.45, 7) is 0.292. The number of hydrogen-bond acceptors (Lipinski definition) is 1. The zero-order valence-corrected chi connectivity index (χ0v) is 8.29. The van der Waals surface area contributed by atoms with Crippen LogP contribution in [-0.4, -0.2) is 30.1 Å². The Morgan fingerprint density at radius 2 is 2.00 bits per heavy atom. The fraction of sp³-hybridized carbons (Fsp3) is 0.857. The molecule has 7 heteroatoms. The maximum absolute atomic E-state index is 12.2. The minimum atomic E-state index is -4.16. The van der Waals surface area contributed by atoms with Gasteiger partial charge in [0.1, 0.15) is 0 Å². The van der Waals surface area contributed by atoms with Gasteiger partial charge in [0.25, 0.3) is 0 Å². The summed E-state index contributed by atoms with van der Waals surface area (Å²) in [5, 5.41) is 7.02. The van der Waals surface area contributed by atoms with Gasteiger partial charge in [-0.3, -0.25) is 5.41 Å². The number of nitrogens with zero attached hydrogens (tertiary/aromatic N) is 1. The topological polar surface area (TPSA) is 53.1 Å². The Labute approximate surface area is 86.4 Å². The lowest BCUT2D eigenvalue weighted by atomic mass is 9.98. The molecule has 0 radical (unpaired) electrons. The number of guanidine groups is 1. The summed E-state index contributed by atoms with van der Waals surface area (Å²) in [5.41, 5.74) is 5.11. The Bertz CT molecular complexity index is 207. The summed E-state index contributed by atoms with van der Waals surface area (Å²) < 4.78 is 36.7. The highest BCUT2D eigenvalue weighted by atomic mass is 35.5. The van der Waals surface area contributed by atoms with E-state index in [0.29, 0.717) is 13.0 Å². The van der Waals surface area contributed by atoms with Crippen molar-refractivity contribution >= 4 is 18.4 Å². The summed E-state index contributed by atoms with van der Waals surface area (Å²) in [5.74, 6) is -1.60. The highest BCUT2D eigenvalue weighted by Crippen LogP contribution is 2.32. The quantitative estimate of drug-likeness (QED) is 0.491. The number of rotatable bonds is 0. The SMILES string of the molecule is Cl.N=C(N)N1CCCC(C(F)(F)F)C1. The standard InChI is InChI=1S/C7H12F3N3.ClH/c8-7(9,10)5-2-1-3-13(4-5)6(11)12;/h5H,1-4H2,(H3,11,12);1H. The lowest BCUT2D eigenvalue weighted by molar-refractivity contribution is -0.183. The zero-order valence-electron chi connectivity index (χ0n) is 7.47. The predicted octanol–water partition coefficient (Wildman–Crippen LogP) is 1.58. The molecule has 0 aliphatic carbocycles. The van der Waals surface area contributed by atoms with Gasteiger partial charge in [0, 0.05) is 13.1 Å². The highest BCUT2D eigenvalue weighted by molar-refractivity contribution is 5.85. The lowest BCUT2D eigenvalue weighted by Crippen LogP contribution is -2.47. The van der Waals surface area contributed by atoms with Crippen molar-refractivity contribution in [3.8, 4) is 0 Å². The molecule has 84 valence electrons. The first kappa shape index (κ1) is 13.4. The van der Waals surface area contributed by atoms with Crippen LogP contribution in [0.1, 0.15) is 12.8 Å². The molecule has 1 aliphatic rings. The molecule has 3 nitrogen and oxygen atoms in total. The molecule has 0 aromatic rings. The second-order valence-electron chi connectivity index (χ2n) is 3.21. The summed E-state index contributed by atoms with van der Waals surface area (Å²) in [6.07, 6.45) is -3.56. The number of hydrogen-bond donors (Lipinski definition) is 2. The Kier molecular flexibility index (Phi) is 4.51. The number of halogens is 4. The Morgan fingerprint density at radius 1 is 1.43 bits per heavy atom. The minimum Gasteiger partial charge on any atom is -0.370 e. The van der Waals surface area contributed by atoms with E-state index in [0.717, 1.165) is 0 Å². The molecule has 1 aliphatic heterocycles. The van der Waals surface area contributed by atoms with Crippen molar-refractivity contribution in [3.63, 3.8) is 0 Å². The first-order valence-corrected chi connectivity index (χ1v) is 4.07. The van der Waals surface area contributed by atoms with Gasteiger partial charge in [-0.1, -0.05) is 0 Å². The van der Waals surface area contributed by atoms with Gasteiger partial charge in [-0.2, -0.15) is 13.2 Å². The van der Waals surface area contributed by atoms with E-state index in [-0.39, 0.29) is 31.3 Å². The molecule has 14 heavy (non-hydrogen) atoms. The fourth-order valence-electron chi connectivity index (χ4n) is 1.46. The van der Waals surface area contributed by atoms with Crippen LogP contribution >= 0.6 is 12.4 Å². The molecule has 1 rings (SSSR count). The smallest absolute Gasteiger partial charge is 0.370 e. The first-order chi connectivity index (χ1) is 5.91. The van der Waals surface area contributed by atoms with E-state index >= 15 is 0 Å². The van der Waals surface area contributed by atoms with Crippen molar-refractivity contribution in [2.75, 3.05) is 13.1 Å². The van der Waals surface area contributed by atoms with Gasteiger partial charge in [0.2, 0.25) is 0 Å². The number of nitrogens with one attached hydrogen (secondary N) is 1. The van der Waals surface area contributed by atoms with E-state index in [1.165, 1.54) is 4.90 Å². The van der Waals surface area contributed by atoms with Crippen molar-refractivity contribution in [2.45, 2.75) is 19.0 Å². The molecule has 1 saturated heterocycles. The molecule has 0 aromatic carbocycles. The molecule has 0 saturated carbocycles. The zero-order chi connectivity index (χ0) is 10.1. The first-order valence-electron chi connectivity index (χ1n) is 4.07. The summed E-state index contributed by atoms with van der Waals surface area (Å²) in [6, 6.07) is 0. The van der Waals surface area contributed by atoms with Crippen LogP contribution in [0.4, 0.5) is 13.2 Å². The predicted molar refractivity (Wildman–Crippen MR) is 49.5 cm³/mol. The maximum Gasteiger partial charge on any atom is 0.393 e. The summed E-state index contributed by atoms with van der Waals surface area (Å²) in [4.78, 5) is 1.27. The van der Waals surface area contributed by atoms with Gasteiger partial charge < -0.3 is 10.6 Å². The van der Waals surface area contributed by atoms with Gasteiger partial charge in [-0.05, 0) is 12.8 Å². The normalized spacial score (nSPS) is 22.8. The third-order valence-electron chi connectivity index (χ3n) is 2.22. The van der Waals surface area contributed by atoms with Crippen LogP contribution in [0, 0.1) is 11.3 Å².